The summed E-state index contributed by atoms with van der Waals surface area (Å²) in [6, 6.07) is 17.3. The van der Waals surface area contributed by atoms with E-state index in [1.165, 1.54) is 17.0 Å². The van der Waals surface area contributed by atoms with E-state index in [1.54, 1.807) is 0 Å². The van der Waals surface area contributed by atoms with Crippen LogP contribution in [0.3, 0.4) is 0 Å². The number of hydrogen-bond acceptors (Lipinski definition) is 2. The van der Waals surface area contributed by atoms with E-state index in [2.05, 4.69) is 36.5 Å². The molecule has 0 amide bonds. The summed E-state index contributed by atoms with van der Waals surface area (Å²) in [4.78, 5) is 1.29. The Morgan fingerprint density at radius 2 is 1.74 bits per heavy atom. The average molecular weight is 275 g/mol. The maximum absolute atomic E-state index is 12.8. The van der Waals surface area contributed by atoms with Crippen LogP contribution in [0.25, 0.3) is 0 Å². The predicted molar refractivity (Wildman–Crippen MR) is 80.0 cm³/mol. The van der Waals surface area contributed by atoms with Crippen LogP contribution in [0.1, 0.15) is 18.5 Å². The first kappa shape index (κ1) is 14.1. The number of nitrogens with one attached hydrogen (secondary N) is 1. The zero-order valence-electron chi connectivity index (χ0n) is 11.0. The molecule has 1 nitrogen and oxygen atoms in total. The minimum Gasteiger partial charge on any atom is -0.309 e. The van der Waals surface area contributed by atoms with E-state index in [1.807, 2.05) is 30.0 Å². The van der Waals surface area contributed by atoms with Crippen molar-refractivity contribution in [2.75, 3.05) is 12.3 Å². The lowest BCUT2D eigenvalue weighted by molar-refractivity contribution is 0.594. The lowest BCUT2D eigenvalue weighted by Gasteiger charge is -2.14. The molecule has 0 spiro atoms. The van der Waals surface area contributed by atoms with Gasteiger partial charge in [0.1, 0.15) is 5.82 Å². The van der Waals surface area contributed by atoms with Crippen LogP contribution in [0.5, 0.6) is 0 Å². The predicted octanol–water partition coefficient (Wildman–Crippen LogP) is 4.27. The number of rotatable bonds is 6. The Morgan fingerprint density at radius 1 is 1.05 bits per heavy atom. The van der Waals surface area contributed by atoms with E-state index >= 15 is 0 Å². The van der Waals surface area contributed by atoms with Gasteiger partial charge in [-0.3, -0.25) is 0 Å². The Balaban J connectivity index is 1.72. The van der Waals surface area contributed by atoms with Gasteiger partial charge in [0.25, 0.3) is 0 Å². The molecule has 1 atom stereocenters. The minimum atomic E-state index is -0.185. The molecule has 0 aromatic heterocycles. The molecule has 0 bridgehead atoms. The van der Waals surface area contributed by atoms with Gasteiger partial charge in [-0.25, -0.2) is 4.39 Å². The van der Waals surface area contributed by atoms with Gasteiger partial charge >= 0.3 is 0 Å². The summed E-state index contributed by atoms with van der Waals surface area (Å²) in [5.74, 6) is 0.839. The quantitative estimate of drug-likeness (QED) is 0.624. The van der Waals surface area contributed by atoms with Gasteiger partial charge < -0.3 is 5.32 Å². The summed E-state index contributed by atoms with van der Waals surface area (Å²) >= 11 is 1.84. The molecule has 1 unspecified atom stereocenters. The fourth-order valence-corrected chi connectivity index (χ4v) is 2.64. The van der Waals surface area contributed by atoms with Crippen molar-refractivity contribution in [3.05, 3.63) is 66.0 Å². The highest BCUT2D eigenvalue weighted by Crippen LogP contribution is 2.17. The van der Waals surface area contributed by atoms with Gasteiger partial charge in [0.2, 0.25) is 0 Å². The van der Waals surface area contributed by atoms with Crippen LogP contribution in [0.15, 0.2) is 59.5 Å². The third kappa shape index (κ3) is 4.69. The Kier molecular flexibility index (Phi) is 5.43. The Hall–Kier alpha value is -1.32. The second kappa shape index (κ2) is 7.31. The zero-order chi connectivity index (χ0) is 13.5. The van der Waals surface area contributed by atoms with Crippen LogP contribution >= 0.6 is 11.8 Å². The molecule has 0 heterocycles. The average Bonchev–Trinajstić information content (AvgIpc) is 2.45. The van der Waals surface area contributed by atoms with Crippen molar-refractivity contribution < 1.29 is 4.39 Å². The second-order valence-corrected chi connectivity index (χ2v) is 5.56. The molecule has 0 aliphatic carbocycles. The monoisotopic (exact) mass is 275 g/mol. The number of benzene rings is 2. The molecule has 19 heavy (non-hydrogen) atoms. The number of halogens is 1. The van der Waals surface area contributed by atoms with Crippen molar-refractivity contribution >= 4 is 11.8 Å². The highest BCUT2D eigenvalue weighted by Gasteiger charge is 2.04. The first-order valence-electron chi connectivity index (χ1n) is 6.42. The molecule has 100 valence electrons. The van der Waals surface area contributed by atoms with E-state index in [0.29, 0.717) is 0 Å². The lowest BCUT2D eigenvalue weighted by atomic mass is 10.1. The van der Waals surface area contributed by atoms with Gasteiger partial charge in [-0.15, -0.1) is 11.8 Å². The summed E-state index contributed by atoms with van der Waals surface area (Å²) in [5, 5.41) is 3.45. The van der Waals surface area contributed by atoms with Crippen LogP contribution in [0.2, 0.25) is 0 Å². The van der Waals surface area contributed by atoms with Crippen molar-refractivity contribution in [3.63, 3.8) is 0 Å². The van der Waals surface area contributed by atoms with E-state index in [4.69, 9.17) is 0 Å². The molecular weight excluding hydrogens is 257 g/mol. The van der Waals surface area contributed by atoms with Crippen LogP contribution in [0, 0.1) is 5.82 Å². The van der Waals surface area contributed by atoms with E-state index in [-0.39, 0.29) is 11.9 Å². The van der Waals surface area contributed by atoms with Gasteiger partial charge in [0.15, 0.2) is 0 Å². The molecule has 1 N–H and O–H groups in total. The van der Waals surface area contributed by atoms with Crippen molar-refractivity contribution in [2.45, 2.75) is 17.9 Å². The molecule has 0 aliphatic rings. The maximum Gasteiger partial charge on any atom is 0.123 e. The first-order chi connectivity index (χ1) is 9.25. The number of thioether (sulfide) groups is 1. The van der Waals surface area contributed by atoms with Gasteiger partial charge in [-0.1, -0.05) is 30.3 Å². The van der Waals surface area contributed by atoms with Gasteiger partial charge in [-0.05, 0) is 36.8 Å². The molecule has 0 radical (unpaired) electrons. The molecule has 0 fully saturated rings. The van der Waals surface area contributed by atoms with Gasteiger partial charge in [0, 0.05) is 23.2 Å². The molecule has 0 aliphatic heterocycles. The van der Waals surface area contributed by atoms with Crippen LogP contribution in [0.4, 0.5) is 4.39 Å². The highest BCUT2D eigenvalue weighted by molar-refractivity contribution is 7.99. The lowest BCUT2D eigenvalue weighted by Crippen LogP contribution is -2.21. The fourth-order valence-electron chi connectivity index (χ4n) is 1.83. The topological polar surface area (TPSA) is 12.0 Å². The van der Waals surface area contributed by atoms with Crippen LogP contribution < -0.4 is 5.32 Å². The van der Waals surface area contributed by atoms with Crippen LogP contribution in [-0.4, -0.2) is 12.3 Å². The minimum absolute atomic E-state index is 0.185. The standard InChI is InChI=1S/C16H18FNS/c1-13(14-7-9-15(17)10-8-14)18-11-12-19-16-5-3-2-4-6-16/h2-10,13,18H,11-12H2,1H3. The fraction of sp³-hybridized carbons (Fsp3) is 0.250. The SMILES string of the molecule is CC(NCCSc1ccccc1)c1ccc(F)cc1. The van der Waals surface area contributed by atoms with E-state index < -0.39 is 0 Å². The summed E-state index contributed by atoms with van der Waals surface area (Å²) in [7, 11) is 0. The van der Waals surface area contributed by atoms with E-state index in [0.717, 1.165) is 17.9 Å². The van der Waals surface area contributed by atoms with Crippen molar-refractivity contribution in [2.24, 2.45) is 0 Å². The molecular formula is C16H18FNS. The molecule has 0 saturated heterocycles. The Labute approximate surface area is 118 Å². The third-order valence-corrected chi connectivity index (χ3v) is 3.95. The Bertz CT molecular complexity index is 484. The largest absolute Gasteiger partial charge is 0.309 e. The highest BCUT2D eigenvalue weighted by atomic mass is 32.2. The first-order valence-corrected chi connectivity index (χ1v) is 7.41. The summed E-state index contributed by atoms with van der Waals surface area (Å²) in [6.45, 7) is 3.03. The number of hydrogen-bond donors (Lipinski definition) is 1. The third-order valence-electron chi connectivity index (χ3n) is 2.93. The van der Waals surface area contributed by atoms with E-state index in [9.17, 15) is 4.39 Å². The van der Waals surface area contributed by atoms with Crippen molar-refractivity contribution in [1.29, 1.82) is 0 Å². The zero-order valence-corrected chi connectivity index (χ0v) is 11.8. The molecule has 0 saturated carbocycles. The summed E-state index contributed by atoms with van der Waals surface area (Å²) < 4.78 is 12.8. The Morgan fingerprint density at radius 3 is 2.42 bits per heavy atom. The maximum atomic E-state index is 12.8. The molecule has 2 aromatic rings. The van der Waals surface area contributed by atoms with Gasteiger partial charge in [0.05, 0.1) is 0 Å². The van der Waals surface area contributed by atoms with Gasteiger partial charge in [-0.2, -0.15) is 0 Å². The summed E-state index contributed by atoms with van der Waals surface area (Å²) in [6.07, 6.45) is 0. The molecule has 3 heteroatoms. The van der Waals surface area contributed by atoms with Crippen molar-refractivity contribution in [3.8, 4) is 0 Å². The van der Waals surface area contributed by atoms with Crippen molar-refractivity contribution in [1.82, 2.24) is 5.32 Å². The smallest absolute Gasteiger partial charge is 0.123 e. The second-order valence-electron chi connectivity index (χ2n) is 4.39. The summed E-state index contributed by atoms with van der Waals surface area (Å²) in [5.41, 5.74) is 1.12. The van der Waals surface area contributed by atoms with Crippen LogP contribution in [-0.2, 0) is 0 Å². The molecule has 2 rings (SSSR count). The molecule has 2 aromatic carbocycles. The normalized spacial score (nSPS) is 12.3.